The summed E-state index contributed by atoms with van der Waals surface area (Å²) in [5.74, 6) is 0.420. The van der Waals surface area contributed by atoms with Crippen LogP contribution in [-0.2, 0) is 0 Å². The third-order valence-corrected chi connectivity index (χ3v) is 3.18. The van der Waals surface area contributed by atoms with Crippen LogP contribution in [0, 0.1) is 19.3 Å². The van der Waals surface area contributed by atoms with Crippen molar-refractivity contribution in [2.24, 2.45) is 5.92 Å². The highest BCUT2D eigenvalue weighted by atomic mass is 32.1. The Labute approximate surface area is 109 Å². The molecule has 0 bridgehead atoms. The maximum Gasteiger partial charge on any atom is 0.0901 e. The van der Waals surface area contributed by atoms with E-state index in [1.165, 1.54) is 11.1 Å². The van der Waals surface area contributed by atoms with E-state index in [2.05, 4.69) is 56.3 Å². The number of allylic oxidation sites excluding steroid dienone is 4. The molecule has 1 radical (unpaired) electrons. The first-order valence-corrected chi connectivity index (χ1v) is 6.65. The average Bonchev–Trinajstić information content (AvgIpc) is 2.63. The van der Waals surface area contributed by atoms with Crippen molar-refractivity contribution in [2.75, 3.05) is 0 Å². The van der Waals surface area contributed by atoms with E-state index in [0.29, 0.717) is 5.92 Å². The lowest BCUT2D eigenvalue weighted by Crippen LogP contribution is -1.93. The molecule has 0 saturated carbocycles. The van der Waals surface area contributed by atoms with Crippen LogP contribution >= 0.6 is 11.3 Å². The summed E-state index contributed by atoms with van der Waals surface area (Å²) < 4.78 is 0. The van der Waals surface area contributed by atoms with E-state index in [1.807, 2.05) is 13.0 Å². The van der Waals surface area contributed by atoms with Gasteiger partial charge in [0, 0.05) is 5.38 Å². The summed E-state index contributed by atoms with van der Waals surface area (Å²) in [6.45, 7) is 12.1. The van der Waals surface area contributed by atoms with Crippen molar-refractivity contribution in [1.29, 1.82) is 0 Å². The van der Waals surface area contributed by atoms with Crippen LogP contribution in [0.3, 0.4) is 0 Å². The topological polar surface area (TPSA) is 12.9 Å². The summed E-state index contributed by atoms with van der Waals surface area (Å²) in [4.78, 5) is 4.43. The first-order valence-electron chi connectivity index (χ1n) is 5.77. The van der Waals surface area contributed by atoms with Crippen molar-refractivity contribution < 1.29 is 0 Å². The Bertz CT molecular complexity index is 438. The summed E-state index contributed by atoms with van der Waals surface area (Å²) in [5, 5.41) is 3.20. The number of aryl methyl sites for hydroxylation is 1. The third-order valence-electron chi connectivity index (χ3n) is 2.39. The molecule has 17 heavy (non-hydrogen) atoms. The highest BCUT2D eigenvalue weighted by molar-refractivity contribution is 7.09. The largest absolute Gasteiger partial charge is 0.242 e. The molecule has 1 heterocycles. The molecule has 0 aliphatic carbocycles. The summed E-state index contributed by atoms with van der Waals surface area (Å²) in [7, 11) is 0. The second-order valence-electron chi connectivity index (χ2n) is 4.32. The van der Waals surface area contributed by atoms with Crippen molar-refractivity contribution in [3.8, 4) is 0 Å². The molecule has 91 valence electrons. The standard InChI is InChI=1S/C15H20NS/c1-6-11(2)7-12(3)8-13(4)9-15-10-17-14(5)16-15/h6-10,12H,1H2,2-5H3/b11-7-,13-9+/t12-/m1/s1. The molecule has 0 aliphatic rings. The van der Waals surface area contributed by atoms with E-state index in [1.54, 1.807) is 11.3 Å². The summed E-state index contributed by atoms with van der Waals surface area (Å²) in [6, 6.07) is 0. The Balaban J connectivity index is 2.63. The Morgan fingerprint density at radius 1 is 1.41 bits per heavy atom. The smallest absolute Gasteiger partial charge is 0.0901 e. The van der Waals surface area contributed by atoms with Gasteiger partial charge in [-0.1, -0.05) is 36.8 Å². The van der Waals surface area contributed by atoms with Crippen LogP contribution in [0.5, 0.6) is 0 Å². The minimum absolute atomic E-state index is 0.420. The van der Waals surface area contributed by atoms with Crippen LogP contribution in [0.25, 0.3) is 6.08 Å². The van der Waals surface area contributed by atoms with Crippen molar-refractivity contribution in [2.45, 2.75) is 27.7 Å². The lowest BCUT2D eigenvalue weighted by molar-refractivity contribution is 0.860. The lowest BCUT2D eigenvalue weighted by atomic mass is 9.99. The molecule has 1 aromatic rings. The van der Waals surface area contributed by atoms with Gasteiger partial charge in [-0.3, -0.25) is 0 Å². The zero-order valence-electron chi connectivity index (χ0n) is 11.0. The first kappa shape index (κ1) is 13.9. The summed E-state index contributed by atoms with van der Waals surface area (Å²) >= 11 is 1.68. The van der Waals surface area contributed by atoms with Gasteiger partial charge in [0.25, 0.3) is 0 Å². The molecule has 0 unspecified atom stereocenters. The molecule has 2 heteroatoms. The Morgan fingerprint density at radius 3 is 2.65 bits per heavy atom. The van der Waals surface area contributed by atoms with Crippen LogP contribution in [0.2, 0.25) is 0 Å². The predicted octanol–water partition coefficient (Wildman–Crippen LogP) is 4.83. The fraction of sp³-hybridized carbons (Fsp3) is 0.333. The summed E-state index contributed by atoms with van der Waals surface area (Å²) in [6.07, 6.45) is 8.45. The number of hydrogen-bond donors (Lipinski definition) is 0. The van der Waals surface area contributed by atoms with Crippen LogP contribution in [0.1, 0.15) is 31.5 Å². The SMILES string of the molecule is C=C/C(C)=C\[C@@H](C)[CH]/C(C)=C/c1csc(C)n1. The van der Waals surface area contributed by atoms with Crippen LogP contribution < -0.4 is 0 Å². The van der Waals surface area contributed by atoms with Crippen LogP contribution in [0.4, 0.5) is 0 Å². The zero-order valence-corrected chi connectivity index (χ0v) is 11.8. The highest BCUT2D eigenvalue weighted by Gasteiger charge is 2.02. The Hall–Kier alpha value is -1.15. The minimum atomic E-state index is 0.420. The number of aromatic nitrogens is 1. The Morgan fingerprint density at radius 2 is 2.12 bits per heavy atom. The molecule has 1 aromatic heterocycles. The van der Waals surface area contributed by atoms with E-state index in [0.717, 1.165) is 10.7 Å². The van der Waals surface area contributed by atoms with Gasteiger partial charge >= 0.3 is 0 Å². The van der Waals surface area contributed by atoms with Gasteiger partial charge in [-0.15, -0.1) is 11.3 Å². The van der Waals surface area contributed by atoms with Gasteiger partial charge in [0.05, 0.1) is 10.7 Å². The molecule has 0 fully saturated rings. The second-order valence-corrected chi connectivity index (χ2v) is 5.38. The molecule has 0 amide bonds. The van der Waals surface area contributed by atoms with E-state index >= 15 is 0 Å². The van der Waals surface area contributed by atoms with Gasteiger partial charge in [-0.25, -0.2) is 4.98 Å². The fourth-order valence-electron chi connectivity index (χ4n) is 1.67. The monoisotopic (exact) mass is 246 g/mol. The molecular formula is C15H20NS. The molecule has 1 nitrogen and oxygen atoms in total. The van der Waals surface area contributed by atoms with Crippen LogP contribution in [0.15, 0.2) is 35.3 Å². The number of thiazole rings is 1. The normalized spacial score (nSPS) is 14.8. The molecule has 0 N–H and O–H groups in total. The van der Waals surface area contributed by atoms with Crippen molar-refractivity contribution in [3.63, 3.8) is 0 Å². The molecule has 1 rings (SSSR count). The van der Waals surface area contributed by atoms with Gasteiger partial charge in [-0.2, -0.15) is 0 Å². The maximum absolute atomic E-state index is 4.43. The van der Waals surface area contributed by atoms with Crippen LogP contribution in [-0.4, -0.2) is 4.98 Å². The first-order chi connectivity index (χ1) is 8.01. The summed E-state index contributed by atoms with van der Waals surface area (Å²) in [5.41, 5.74) is 3.51. The molecular weight excluding hydrogens is 226 g/mol. The van der Waals surface area contributed by atoms with Crippen molar-refractivity contribution >= 4 is 17.4 Å². The molecule has 0 aromatic carbocycles. The zero-order chi connectivity index (χ0) is 12.8. The van der Waals surface area contributed by atoms with Crippen molar-refractivity contribution in [1.82, 2.24) is 4.98 Å². The molecule has 0 spiro atoms. The highest BCUT2D eigenvalue weighted by Crippen LogP contribution is 2.17. The fourth-order valence-corrected chi connectivity index (χ4v) is 2.24. The van der Waals surface area contributed by atoms with Gasteiger partial charge in [0.1, 0.15) is 0 Å². The van der Waals surface area contributed by atoms with Crippen molar-refractivity contribution in [3.05, 3.63) is 52.4 Å². The van der Waals surface area contributed by atoms with E-state index in [4.69, 9.17) is 0 Å². The quantitative estimate of drug-likeness (QED) is 0.678. The Kier molecular flexibility index (Phi) is 5.36. The van der Waals surface area contributed by atoms with E-state index < -0.39 is 0 Å². The molecule has 1 atom stereocenters. The van der Waals surface area contributed by atoms with E-state index in [9.17, 15) is 0 Å². The number of nitrogens with zero attached hydrogens (tertiary/aromatic N) is 1. The number of hydrogen-bond acceptors (Lipinski definition) is 2. The van der Waals surface area contributed by atoms with Gasteiger partial charge in [-0.05, 0) is 39.2 Å². The molecule has 0 aliphatic heterocycles. The average molecular weight is 246 g/mol. The van der Waals surface area contributed by atoms with E-state index in [-0.39, 0.29) is 0 Å². The third kappa shape index (κ3) is 5.14. The van der Waals surface area contributed by atoms with Gasteiger partial charge in [0.15, 0.2) is 0 Å². The van der Waals surface area contributed by atoms with Gasteiger partial charge in [0.2, 0.25) is 0 Å². The maximum atomic E-state index is 4.43. The lowest BCUT2D eigenvalue weighted by Gasteiger charge is -2.06. The predicted molar refractivity (Wildman–Crippen MR) is 77.9 cm³/mol. The number of rotatable bonds is 5. The molecule has 0 saturated heterocycles. The second kappa shape index (κ2) is 6.55. The van der Waals surface area contributed by atoms with Gasteiger partial charge < -0.3 is 0 Å². The minimum Gasteiger partial charge on any atom is -0.242 e.